The van der Waals surface area contributed by atoms with Gasteiger partial charge in [0.25, 0.3) is 11.9 Å². The maximum absolute atomic E-state index is 10.9. The van der Waals surface area contributed by atoms with Gasteiger partial charge >= 0.3 is 0 Å². The van der Waals surface area contributed by atoms with Crippen LogP contribution in [0.15, 0.2) is 121 Å². The van der Waals surface area contributed by atoms with Crippen molar-refractivity contribution in [3.8, 4) is 0 Å². The summed E-state index contributed by atoms with van der Waals surface area (Å²) in [5, 5.41) is 71.5. The summed E-state index contributed by atoms with van der Waals surface area (Å²) in [7, 11) is 0. The van der Waals surface area contributed by atoms with Crippen LogP contribution >= 0.6 is 0 Å². The molecule has 7 heterocycles. The molecule has 0 saturated carbocycles. The normalized spacial score (nSPS) is 27.6. The van der Waals surface area contributed by atoms with E-state index in [1.807, 2.05) is 0 Å². The molecule has 5 fully saturated rings. The Morgan fingerprint density at radius 1 is 0.744 bits per heavy atom. The number of benzene rings is 4. The van der Waals surface area contributed by atoms with Gasteiger partial charge in [-0.2, -0.15) is 4.58 Å². The number of allylic oxidation sites excluding steroid dienone is 8. The van der Waals surface area contributed by atoms with Crippen LogP contribution < -0.4 is 10.6 Å². The molecule has 0 radical (unpaired) electrons. The molecule has 424 valence electrons. The Kier molecular flexibility index (Phi) is 22.1. The van der Waals surface area contributed by atoms with Crippen LogP contribution in [0, 0.1) is 5.92 Å². The van der Waals surface area contributed by atoms with Crippen LogP contribution in [-0.4, -0.2) is 159 Å². The van der Waals surface area contributed by atoms with E-state index >= 15 is 0 Å². The third kappa shape index (κ3) is 13.8. The van der Waals surface area contributed by atoms with Crippen molar-refractivity contribution in [2.45, 2.75) is 141 Å². The van der Waals surface area contributed by atoms with E-state index in [4.69, 9.17) is 49.2 Å². The van der Waals surface area contributed by atoms with Crippen LogP contribution in [-0.2, 0) is 44.1 Å². The monoisotopic (exact) mass is 1080 g/mol. The first-order valence-electron chi connectivity index (χ1n) is 27.0. The van der Waals surface area contributed by atoms with Gasteiger partial charge in [0.15, 0.2) is 18.3 Å². The summed E-state index contributed by atoms with van der Waals surface area (Å²) < 4.78 is 31.2. The van der Waals surface area contributed by atoms with E-state index in [0.717, 1.165) is 26.9 Å². The molecular weight excluding hydrogens is 999 g/mol. The molecule has 0 amide bonds. The molecule has 7 aliphatic rings. The third-order valence-electron chi connectivity index (χ3n) is 14.8. The molecule has 5 saturated heterocycles. The van der Waals surface area contributed by atoms with Crippen LogP contribution in [0.25, 0.3) is 21.5 Å². The molecule has 11 rings (SSSR count). The number of aliphatic carboxylic acids is 2. The molecule has 10 atom stereocenters. The number of likely N-dealkylation sites (N-methyl/N-ethyl adjacent to an activating group) is 1. The molecule has 4 bridgehead atoms. The predicted molar refractivity (Wildman–Crippen MR) is 301 cm³/mol. The predicted octanol–water partition coefficient (Wildman–Crippen LogP) is 6.99. The highest BCUT2D eigenvalue weighted by Gasteiger charge is 2.52. The van der Waals surface area contributed by atoms with E-state index in [0.29, 0.717) is 25.8 Å². The summed E-state index contributed by atoms with van der Waals surface area (Å²) in [4.78, 5) is 20.5. The van der Waals surface area contributed by atoms with E-state index in [-0.39, 0.29) is 30.7 Å². The largest absolute Gasteiger partial charge is 0.481 e. The van der Waals surface area contributed by atoms with E-state index in [9.17, 15) is 25.5 Å². The summed E-state index contributed by atoms with van der Waals surface area (Å²) in [6.07, 6.45) is 7.03. The smallest absolute Gasteiger partial charge is 0.300 e. The molecule has 4 aromatic rings. The van der Waals surface area contributed by atoms with Crippen molar-refractivity contribution < 1.29 is 73.6 Å². The lowest BCUT2D eigenvalue weighted by molar-refractivity contribution is -0.433. The zero-order valence-electron chi connectivity index (χ0n) is 46.3. The molecular formula is C61H82N3O14+. The molecule has 0 spiro atoms. The number of carbonyl (C=O) groups is 2. The summed E-state index contributed by atoms with van der Waals surface area (Å²) in [5.74, 6) is -2.17. The standard InChI is InChI=1S/C39H41N2.C18H33NO10.2C2H4O2/c1-7-40-32-26-24-28-18-14-16-20-30(28)36(32)38(3,4)34(40)22-12-10-9-11-13-23-35-39(5,6)37-31-21-17-15-19-29(31)25-27-33(37)41(35)8-2;19-4-2-6-25-16-14(24)15-11(8-21)28-18(16)26-5-1-3-9-10(7-20)27-17(29-15)13(23)12(9)22;2*1-2(3)4/h9-27H,7-8H2,1-6H3;9-18,20-24H,1-8,19H2;2*1H3,(H,3,4)/q+1;;;/t;9-,10-,11-,12+,13-,14+,15-,16-,17?,18+;;/m.1../s1. The van der Waals surface area contributed by atoms with Crippen LogP contribution in [0.4, 0.5) is 11.4 Å². The number of carboxylic acid groups (broad SMARTS) is 2. The van der Waals surface area contributed by atoms with Gasteiger partial charge in [-0.1, -0.05) is 98.8 Å². The van der Waals surface area contributed by atoms with Crippen molar-refractivity contribution in [1.29, 1.82) is 0 Å². The van der Waals surface area contributed by atoms with Crippen molar-refractivity contribution in [2.24, 2.45) is 11.7 Å². The first-order valence-corrected chi connectivity index (χ1v) is 27.0. The summed E-state index contributed by atoms with van der Waals surface area (Å²) >= 11 is 0. The van der Waals surface area contributed by atoms with Crippen molar-refractivity contribution in [3.05, 3.63) is 132 Å². The fourth-order valence-corrected chi connectivity index (χ4v) is 11.4. The fraction of sp³-hybridized carbons (Fsp3) is 0.492. The number of aliphatic hydroxyl groups is 5. The van der Waals surface area contributed by atoms with E-state index in [1.165, 1.54) is 55.5 Å². The van der Waals surface area contributed by atoms with Gasteiger partial charge in [0.05, 0.1) is 30.8 Å². The van der Waals surface area contributed by atoms with Crippen molar-refractivity contribution in [2.75, 3.05) is 51.0 Å². The number of carboxylic acids is 2. The quantitative estimate of drug-likeness (QED) is 0.0404. The highest BCUT2D eigenvalue weighted by molar-refractivity contribution is 6.07. The molecule has 0 aromatic heterocycles. The second kappa shape index (κ2) is 28.0. The highest BCUT2D eigenvalue weighted by Crippen LogP contribution is 2.51. The number of nitrogens with zero attached hydrogens (tertiary/aromatic N) is 2. The first kappa shape index (κ1) is 61.5. The number of hydrogen-bond donors (Lipinski definition) is 8. The molecule has 1 unspecified atom stereocenters. The third-order valence-corrected chi connectivity index (χ3v) is 14.8. The van der Waals surface area contributed by atoms with Gasteiger partial charge < -0.3 is 70.1 Å². The van der Waals surface area contributed by atoms with Crippen LogP contribution in [0.1, 0.15) is 85.8 Å². The number of hydrogen-bond acceptors (Lipinski definition) is 14. The lowest BCUT2D eigenvalue weighted by Gasteiger charge is -2.47. The van der Waals surface area contributed by atoms with Gasteiger partial charge in [0.2, 0.25) is 5.69 Å². The zero-order valence-corrected chi connectivity index (χ0v) is 46.3. The fourth-order valence-electron chi connectivity index (χ4n) is 11.4. The Morgan fingerprint density at radius 3 is 1.95 bits per heavy atom. The summed E-state index contributed by atoms with van der Waals surface area (Å²) in [6, 6.07) is 26.6. The number of rotatable bonds is 12. The second-order valence-electron chi connectivity index (χ2n) is 20.9. The van der Waals surface area contributed by atoms with Gasteiger partial charge in [-0.3, -0.25) is 9.59 Å². The average Bonchev–Trinajstić information content (AvgIpc) is 4.06. The van der Waals surface area contributed by atoms with Gasteiger partial charge in [-0.05, 0) is 98.8 Å². The number of fused-ring (bicyclic) bond motifs is 8. The minimum atomic E-state index is -1.40. The molecule has 17 heteroatoms. The molecule has 7 aliphatic heterocycles. The zero-order chi connectivity index (χ0) is 56.9. The van der Waals surface area contributed by atoms with Crippen LogP contribution in [0.3, 0.4) is 0 Å². The number of nitrogens with two attached hydrogens (primary N) is 1. The van der Waals surface area contributed by atoms with E-state index < -0.39 is 79.8 Å². The topological polar surface area (TPSA) is 254 Å². The molecule has 9 N–H and O–H groups in total. The minimum absolute atomic E-state index is 0.0619. The molecule has 4 aromatic carbocycles. The number of aliphatic hydroxyl groups excluding tert-OH is 5. The number of anilines is 1. The Balaban J connectivity index is 0.000000232. The second-order valence-corrected chi connectivity index (χ2v) is 20.9. The molecule has 78 heavy (non-hydrogen) atoms. The molecule has 17 nitrogen and oxygen atoms in total. The summed E-state index contributed by atoms with van der Waals surface area (Å²) in [6.45, 7) is 18.0. The van der Waals surface area contributed by atoms with Crippen molar-refractivity contribution >= 4 is 50.6 Å². The minimum Gasteiger partial charge on any atom is -0.481 e. The van der Waals surface area contributed by atoms with Gasteiger partial charge in [0.1, 0.15) is 37.1 Å². The maximum Gasteiger partial charge on any atom is 0.300 e. The SMILES string of the molecule is CC(=O)O.CC(=O)O.CCN1/C(=C/C=C/C=C/C=C/C2=[N+](CC)c3ccc4ccccc4c3C2(C)C)C(C)(C)c2c1ccc1ccccc21.NCCCO[C@H]1[C@H]2OCCC[C@H]3[C@H](O)[C@@H](O)C(O[C@@H]([C@@H]1O)[C@@H](CO)O2)O[C@@H]3CO. The van der Waals surface area contributed by atoms with Gasteiger partial charge in [0, 0.05) is 74.0 Å². The van der Waals surface area contributed by atoms with Crippen molar-refractivity contribution in [1.82, 2.24) is 0 Å². The Hall–Kier alpha value is -5.67. The maximum atomic E-state index is 10.9. The van der Waals surface area contributed by atoms with E-state index in [1.54, 1.807) is 0 Å². The van der Waals surface area contributed by atoms with Crippen molar-refractivity contribution in [3.63, 3.8) is 0 Å². The lowest BCUT2D eigenvalue weighted by Crippen LogP contribution is -2.64. The number of ether oxygens (including phenoxy) is 5. The average molecular weight is 1080 g/mol. The highest BCUT2D eigenvalue weighted by atomic mass is 16.7. The van der Waals surface area contributed by atoms with Crippen LogP contribution in [0.5, 0.6) is 0 Å². The van der Waals surface area contributed by atoms with Crippen LogP contribution in [0.2, 0.25) is 0 Å². The van der Waals surface area contributed by atoms with Gasteiger partial charge in [-0.15, -0.1) is 0 Å². The molecule has 0 aliphatic carbocycles. The Morgan fingerprint density at radius 2 is 1.33 bits per heavy atom. The first-order chi connectivity index (χ1) is 37.3. The van der Waals surface area contributed by atoms with Gasteiger partial charge in [-0.25, -0.2) is 0 Å². The Bertz CT molecular complexity index is 2800. The lowest BCUT2D eigenvalue weighted by atomic mass is 9.79. The van der Waals surface area contributed by atoms with E-state index in [2.05, 4.69) is 166 Å². The summed E-state index contributed by atoms with van der Waals surface area (Å²) in [5.41, 5.74) is 13.6. The Labute approximate surface area is 458 Å².